The first-order chi connectivity index (χ1) is 10.1. The smallest absolute Gasteiger partial charge is 0.293 e. The molecule has 7 heteroatoms. The molecule has 0 unspecified atom stereocenters. The lowest BCUT2D eigenvalue weighted by atomic mass is 9.97. The Morgan fingerprint density at radius 2 is 2.14 bits per heavy atom. The van der Waals surface area contributed by atoms with E-state index in [0.717, 1.165) is 36.8 Å². The van der Waals surface area contributed by atoms with Gasteiger partial charge in [0.2, 0.25) is 0 Å². The molecule has 2 aromatic rings. The lowest BCUT2D eigenvalue weighted by Crippen LogP contribution is -2.35. The van der Waals surface area contributed by atoms with Crippen molar-refractivity contribution in [1.29, 1.82) is 0 Å². The molecule has 0 bridgehead atoms. The van der Waals surface area contributed by atoms with E-state index in [0.29, 0.717) is 11.6 Å². The van der Waals surface area contributed by atoms with Gasteiger partial charge < -0.3 is 10.0 Å². The van der Waals surface area contributed by atoms with Gasteiger partial charge in [0.05, 0.1) is 16.6 Å². The van der Waals surface area contributed by atoms with Crippen LogP contribution >= 0.6 is 0 Å². The van der Waals surface area contributed by atoms with Crippen molar-refractivity contribution in [1.82, 2.24) is 9.78 Å². The molecule has 1 aromatic carbocycles. The highest BCUT2D eigenvalue weighted by Crippen LogP contribution is 2.35. The average molecular weight is 290 g/mol. The van der Waals surface area contributed by atoms with E-state index in [1.165, 1.54) is 0 Å². The van der Waals surface area contributed by atoms with Crippen molar-refractivity contribution >= 4 is 22.3 Å². The lowest BCUT2D eigenvalue weighted by molar-refractivity contribution is -0.384. The van der Waals surface area contributed by atoms with Crippen LogP contribution in [0.1, 0.15) is 12.8 Å². The van der Waals surface area contributed by atoms with Crippen LogP contribution in [0.2, 0.25) is 0 Å². The maximum absolute atomic E-state index is 11.3. The first kappa shape index (κ1) is 13.8. The summed E-state index contributed by atoms with van der Waals surface area (Å²) in [5.41, 5.74) is 1.66. The molecule has 0 atom stereocenters. The number of hydrogen-bond acceptors (Lipinski definition) is 5. The van der Waals surface area contributed by atoms with Crippen LogP contribution in [-0.2, 0) is 7.05 Å². The van der Waals surface area contributed by atoms with Gasteiger partial charge >= 0.3 is 0 Å². The number of aliphatic hydroxyl groups excluding tert-OH is 1. The van der Waals surface area contributed by atoms with Crippen molar-refractivity contribution in [3.8, 4) is 0 Å². The number of nitrogens with zero attached hydrogens (tertiary/aromatic N) is 4. The van der Waals surface area contributed by atoms with E-state index in [2.05, 4.69) is 5.10 Å². The van der Waals surface area contributed by atoms with Crippen LogP contribution in [0.25, 0.3) is 10.9 Å². The summed E-state index contributed by atoms with van der Waals surface area (Å²) < 4.78 is 1.73. The molecule has 112 valence electrons. The minimum atomic E-state index is -0.333. The monoisotopic (exact) mass is 290 g/mol. The second kappa shape index (κ2) is 5.33. The number of rotatable bonds is 3. The molecule has 0 radical (unpaired) electrons. The van der Waals surface area contributed by atoms with E-state index in [1.807, 2.05) is 18.0 Å². The Bertz CT molecular complexity index is 674. The molecule has 2 heterocycles. The van der Waals surface area contributed by atoms with Crippen LogP contribution in [0.3, 0.4) is 0 Å². The van der Waals surface area contributed by atoms with Crippen LogP contribution in [0.4, 0.5) is 11.4 Å². The summed E-state index contributed by atoms with van der Waals surface area (Å²) in [5.74, 6) is 0.306. The molecule has 0 spiro atoms. The summed E-state index contributed by atoms with van der Waals surface area (Å²) in [7, 11) is 1.83. The molecular formula is C14H18N4O3. The summed E-state index contributed by atoms with van der Waals surface area (Å²) in [6.07, 6.45) is 3.36. The number of nitro benzene ring substituents is 1. The fourth-order valence-corrected chi connectivity index (χ4v) is 2.93. The van der Waals surface area contributed by atoms with Crippen molar-refractivity contribution < 1.29 is 10.0 Å². The normalized spacial score (nSPS) is 16.6. The van der Waals surface area contributed by atoms with Crippen molar-refractivity contribution in [2.24, 2.45) is 13.0 Å². The Morgan fingerprint density at radius 3 is 2.76 bits per heavy atom. The minimum Gasteiger partial charge on any atom is -0.396 e. The third-order valence-electron chi connectivity index (χ3n) is 4.25. The number of nitro groups is 1. The van der Waals surface area contributed by atoms with Crippen molar-refractivity contribution in [2.45, 2.75) is 12.8 Å². The Hall–Kier alpha value is -2.15. The van der Waals surface area contributed by atoms with E-state index in [9.17, 15) is 15.2 Å². The maximum Gasteiger partial charge on any atom is 0.293 e. The predicted octanol–water partition coefficient (Wildman–Crippen LogP) is 1.69. The molecule has 1 saturated heterocycles. The van der Waals surface area contributed by atoms with Gasteiger partial charge in [-0.3, -0.25) is 14.8 Å². The van der Waals surface area contributed by atoms with Crippen LogP contribution < -0.4 is 4.90 Å². The summed E-state index contributed by atoms with van der Waals surface area (Å²) in [4.78, 5) is 13.1. The quantitative estimate of drug-likeness (QED) is 0.687. The van der Waals surface area contributed by atoms with Gasteiger partial charge in [-0.25, -0.2) is 0 Å². The van der Waals surface area contributed by atoms with Crippen LogP contribution in [0.5, 0.6) is 0 Å². The fourth-order valence-electron chi connectivity index (χ4n) is 2.93. The van der Waals surface area contributed by atoms with Gasteiger partial charge in [-0.1, -0.05) is 0 Å². The van der Waals surface area contributed by atoms with Gasteiger partial charge in [0.25, 0.3) is 5.69 Å². The Kier molecular flexibility index (Phi) is 3.50. The zero-order chi connectivity index (χ0) is 15.0. The number of anilines is 1. The number of fused-ring (bicyclic) bond motifs is 1. The van der Waals surface area contributed by atoms with Crippen molar-refractivity contribution in [3.05, 3.63) is 28.4 Å². The van der Waals surface area contributed by atoms with Crippen molar-refractivity contribution in [2.75, 3.05) is 24.6 Å². The molecule has 21 heavy (non-hydrogen) atoms. The fraction of sp³-hybridized carbons (Fsp3) is 0.500. The highest BCUT2D eigenvalue weighted by molar-refractivity contribution is 5.87. The lowest BCUT2D eigenvalue weighted by Gasteiger charge is -2.32. The molecule has 0 saturated carbocycles. The first-order valence-electron chi connectivity index (χ1n) is 7.06. The van der Waals surface area contributed by atoms with Crippen LogP contribution in [0, 0.1) is 16.0 Å². The molecule has 0 aliphatic carbocycles. The summed E-state index contributed by atoms with van der Waals surface area (Å²) in [6.45, 7) is 1.65. The van der Waals surface area contributed by atoms with Gasteiger partial charge in [-0.2, -0.15) is 5.10 Å². The van der Waals surface area contributed by atoms with E-state index < -0.39 is 0 Å². The SMILES string of the molecule is Cn1ncc2cc([N+](=O)[O-])c(N3CCC(CO)CC3)cc21. The minimum absolute atomic E-state index is 0.123. The third kappa shape index (κ3) is 2.44. The van der Waals surface area contributed by atoms with Gasteiger partial charge in [0, 0.05) is 38.2 Å². The number of aryl methyl sites for hydroxylation is 1. The molecule has 1 aliphatic heterocycles. The second-order valence-corrected chi connectivity index (χ2v) is 5.54. The third-order valence-corrected chi connectivity index (χ3v) is 4.25. The molecule has 3 rings (SSSR count). The van der Waals surface area contributed by atoms with E-state index >= 15 is 0 Å². The number of benzene rings is 1. The molecule has 0 amide bonds. The van der Waals surface area contributed by atoms with Gasteiger partial charge in [-0.05, 0) is 24.8 Å². The topological polar surface area (TPSA) is 84.4 Å². The molecule has 1 fully saturated rings. The average Bonchev–Trinajstić information content (AvgIpc) is 2.87. The maximum atomic E-state index is 11.3. The Morgan fingerprint density at radius 1 is 1.43 bits per heavy atom. The predicted molar refractivity (Wildman–Crippen MR) is 79.4 cm³/mol. The van der Waals surface area contributed by atoms with Gasteiger partial charge in [0.15, 0.2) is 0 Å². The highest BCUT2D eigenvalue weighted by atomic mass is 16.6. The van der Waals surface area contributed by atoms with Crippen LogP contribution in [-0.4, -0.2) is 39.5 Å². The van der Waals surface area contributed by atoms with E-state index in [4.69, 9.17) is 0 Å². The second-order valence-electron chi connectivity index (χ2n) is 5.54. The first-order valence-corrected chi connectivity index (χ1v) is 7.06. The molecular weight excluding hydrogens is 272 g/mol. The number of hydrogen-bond donors (Lipinski definition) is 1. The Labute approximate surface area is 121 Å². The van der Waals surface area contributed by atoms with Crippen LogP contribution in [0.15, 0.2) is 18.3 Å². The summed E-state index contributed by atoms with van der Waals surface area (Å²) in [5, 5.41) is 25.5. The molecule has 7 nitrogen and oxygen atoms in total. The summed E-state index contributed by atoms with van der Waals surface area (Å²) >= 11 is 0. The number of piperidine rings is 1. The largest absolute Gasteiger partial charge is 0.396 e. The van der Waals surface area contributed by atoms with Crippen molar-refractivity contribution in [3.63, 3.8) is 0 Å². The van der Waals surface area contributed by atoms with Gasteiger partial charge in [0.1, 0.15) is 5.69 Å². The highest BCUT2D eigenvalue weighted by Gasteiger charge is 2.25. The molecule has 1 N–H and O–H groups in total. The standard InChI is InChI=1S/C14H18N4O3/c1-16-12-7-13(17-4-2-10(9-19)3-5-17)14(18(20)21)6-11(12)8-15-16/h6-8,10,19H,2-5,9H2,1H3. The molecule has 1 aromatic heterocycles. The number of aliphatic hydroxyl groups is 1. The van der Waals surface area contributed by atoms with Gasteiger partial charge in [-0.15, -0.1) is 0 Å². The number of aromatic nitrogens is 2. The van der Waals surface area contributed by atoms with E-state index in [-0.39, 0.29) is 17.2 Å². The summed E-state index contributed by atoms with van der Waals surface area (Å²) in [6, 6.07) is 3.44. The van der Waals surface area contributed by atoms with E-state index in [1.54, 1.807) is 16.9 Å². The zero-order valence-electron chi connectivity index (χ0n) is 11.9. The zero-order valence-corrected chi connectivity index (χ0v) is 11.9. The Balaban J connectivity index is 2.01. The molecule has 1 aliphatic rings.